The molecule has 13 nitrogen and oxygen atoms in total. The second kappa shape index (κ2) is 22.6. The number of ketones is 3. The molecule has 304 valence electrons. The average Bonchev–Trinajstić information content (AvgIpc) is 3.93. The Morgan fingerprint density at radius 3 is 1.36 bits per heavy atom. The second-order valence-electron chi connectivity index (χ2n) is 14.1. The molecule has 15 heteroatoms. The fourth-order valence-corrected chi connectivity index (χ4v) is 8.33. The fourth-order valence-electron chi connectivity index (χ4n) is 6.81. The molecule has 2 unspecified atom stereocenters. The molecule has 2 heterocycles. The van der Waals surface area contributed by atoms with Crippen molar-refractivity contribution < 1.29 is 43.0 Å². The van der Waals surface area contributed by atoms with E-state index < -0.39 is 75.2 Å². The monoisotopic (exact) mass is 902 g/mol. The lowest BCUT2D eigenvalue weighted by molar-refractivity contribution is -0.134. The van der Waals surface area contributed by atoms with Gasteiger partial charge in [0.15, 0.2) is 17.3 Å². The first kappa shape index (κ1) is 44.6. The highest BCUT2D eigenvalue weighted by atomic mass is 79.9. The summed E-state index contributed by atoms with van der Waals surface area (Å²) in [6.07, 6.45) is 3.69. The van der Waals surface area contributed by atoms with E-state index in [2.05, 4.69) is 42.5 Å². The average molecular weight is 905 g/mol. The van der Waals surface area contributed by atoms with Gasteiger partial charge in [-0.1, -0.05) is 132 Å². The van der Waals surface area contributed by atoms with Crippen molar-refractivity contribution in [1.29, 1.82) is 0 Å². The molecule has 0 aliphatic carbocycles. The van der Waals surface area contributed by atoms with Gasteiger partial charge in [-0.25, -0.2) is 9.59 Å². The van der Waals surface area contributed by atoms with E-state index in [-0.39, 0.29) is 26.1 Å². The van der Waals surface area contributed by atoms with Crippen LogP contribution in [0.1, 0.15) is 89.2 Å². The molecule has 2 saturated heterocycles. The number of Topliss-reactive ketones (excluding diaryl/α,β-unsaturated/α-hetero) is 3. The van der Waals surface area contributed by atoms with Gasteiger partial charge in [0.25, 0.3) is 0 Å². The number of hydrogen-bond donors (Lipinski definition) is 2. The van der Waals surface area contributed by atoms with Crippen molar-refractivity contribution in [3.05, 3.63) is 71.8 Å². The van der Waals surface area contributed by atoms with E-state index >= 15 is 0 Å². The SMILES string of the molecule is CCCC[C@H](NC(=O)[C@@H]1CCCN1C(=O)OCc1ccccc1)C(=O)C(Br)C(=O)C(Br)C(=O)[C@H](CCCC)NC(=O)[C@@H]1CCCN1C(=O)OCc1ccccc1. The normalized spacial score (nSPS) is 18.6. The van der Waals surface area contributed by atoms with Gasteiger partial charge in [-0.3, -0.25) is 33.8 Å². The van der Waals surface area contributed by atoms with Gasteiger partial charge < -0.3 is 20.1 Å². The van der Waals surface area contributed by atoms with Crippen molar-refractivity contribution in [2.45, 2.75) is 125 Å². The van der Waals surface area contributed by atoms with Gasteiger partial charge in [0, 0.05) is 13.1 Å². The summed E-state index contributed by atoms with van der Waals surface area (Å²) in [5, 5.41) is 5.55. The molecule has 4 amide bonds. The van der Waals surface area contributed by atoms with Crippen molar-refractivity contribution in [3.8, 4) is 0 Å². The number of benzene rings is 2. The van der Waals surface area contributed by atoms with E-state index in [1.165, 1.54) is 9.80 Å². The summed E-state index contributed by atoms with van der Waals surface area (Å²) in [4.78, 5) is 94.3. The van der Waals surface area contributed by atoms with Gasteiger partial charge in [0.1, 0.15) is 35.0 Å². The van der Waals surface area contributed by atoms with Crippen LogP contribution in [0.3, 0.4) is 0 Å². The standard InChI is InChI=1S/C41H52Br2N4O9/c1-3-5-19-29(44-38(51)31-21-13-23-46(31)40(53)55-25-27-15-9-7-10-16-27)35(48)33(42)37(50)34(43)36(49)30(20-6-4-2)45-39(52)32-22-14-24-47(32)41(54)56-26-28-17-11-8-12-18-28/h7-12,15-18,29-34H,3-6,13-14,19-26H2,1-2H3,(H,44,51)(H,45,52)/t29-,30-,31-,32-,33?,34?/m0/s1. The number of amides is 4. The molecule has 4 rings (SSSR count). The molecule has 0 saturated carbocycles. The number of rotatable bonds is 20. The highest BCUT2D eigenvalue weighted by Gasteiger charge is 2.42. The molecule has 6 atom stereocenters. The Kier molecular flexibility index (Phi) is 18.0. The van der Waals surface area contributed by atoms with Crippen LogP contribution >= 0.6 is 31.9 Å². The molecule has 0 radical (unpaired) electrons. The minimum absolute atomic E-state index is 0.0494. The fraction of sp³-hybridized carbons (Fsp3) is 0.537. The Hall–Kier alpha value is -4.11. The summed E-state index contributed by atoms with van der Waals surface area (Å²) in [6.45, 7) is 4.59. The zero-order valence-corrected chi connectivity index (χ0v) is 35.1. The number of nitrogens with one attached hydrogen (secondary N) is 2. The van der Waals surface area contributed by atoms with E-state index in [4.69, 9.17) is 9.47 Å². The number of likely N-dealkylation sites (tertiary alicyclic amines) is 2. The number of hydrogen-bond acceptors (Lipinski definition) is 9. The van der Waals surface area contributed by atoms with Crippen LogP contribution in [-0.2, 0) is 46.7 Å². The van der Waals surface area contributed by atoms with Crippen LogP contribution in [0.2, 0.25) is 0 Å². The Morgan fingerprint density at radius 1 is 0.625 bits per heavy atom. The van der Waals surface area contributed by atoms with Crippen LogP contribution in [0.4, 0.5) is 9.59 Å². The third-order valence-corrected chi connectivity index (χ3v) is 11.8. The van der Waals surface area contributed by atoms with E-state index in [0.717, 1.165) is 11.1 Å². The van der Waals surface area contributed by atoms with Crippen molar-refractivity contribution in [3.63, 3.8) is 0 Å². The molecule has 2 aromatic rings. The first-order chi connectivity index (χ1) is 27.0. The molecule has 2 fully saturated rings. The van der Waals surface area contributed by atoms with Gasteiger partial charge in [0.05, 0.1) is 12.1 Å². The molecule has 2 aliphatic rings. The molecule has 0 bridgehead atoms. The minimum Gasteiger partial charge on any atom is -0.445 e. The van der Waals surface area contributed by atoms with Gasteiger partial charge in [-0.15, -0.1) is 0 Å². The number of carbonyl (C=O) groups is 7. The minimum atomic E-state index is -1.46. The first-order valence-electron chi connectivity index (χ1n) is 19.4. The quantitative estimate of drug-likeness (QED) is 0.117. The highest BCUT2D eigenvalue weighted by Crippen LogP contribution is 2.24. The third kappa shape index (κ3) is 12.4. The second-order valence-corrected chi connectivity index (χ2v) is 16.0. The van der Waals surface area contributed by atoms with E-state index in [0.29, 0.717) is 64.5 Å². The van der Waals surface area contributed by atoms with E-state index in [1.54, 1.807) is 0 Å². The number of nitrogens with zero attached hydrogens (tertiary/aromatic N) is 2. The summed E-state index contributed by atoms with van der Waals surface area (Å²) >= 11 is 6.44. The lowest BCUT2D eigenvalue weighted by Gasteiger charge is -2.27. The number of unbranched alkanes of at least 4 members (excludes halogenated alkanes) is 2. The predicted octanol–water partition coefficient (Wildman–Crippen LogP) is 6.17. The van der Waals surface area contributed by atoms with Gasteiger partial charge in [-0.2, -0.15) is 0 Å². The summed E-state index contributed by atoms with van der Waals surface area (Å²) in [5.74, 6) is -3.09. The predicted molar refractivity (Wildman–Crippen MR) is 216 cm³/mol. The zero-order valence-electron chi connectivity index (χ0n) is 32.0. The van der Waals surface area contributed by atoms with Gasteiger partial charge >= 0.3 is 12.2 Å². The summed E-state index contributed by atoms with van der Waals surface area (Å²) in [7, 11) is 0. The Morgan fingerprint density at radius 2 is 1.00 bits per heavy atom. The first-order valence-corrected chi connectivity index (χ1v) is 21.2. The van der Waals surface area contributed by atoms with Crippen LogP contribution in [0.5, 0.6) is 0 Å². The maximum absolute atomic E-state index is 13.8. The Balaban J connectivity index is 1.37. The Bertz CT molecular complexity index is 1550. The lowest BCUT2D eigenvalue weighted by Crippen LogP contribution is -2.55. The molecule has 2 N–H and O–H groups in total. The third-order valence-electron chi connectivity index (χ3n) is 10.0. The molecular weight excluding hydrogens is 852 g/mol. The smallest absolute Gasteiger partial charge is 0.410 e. The van der Waals surface area contributed by atoms with E-state index in [9.17, 15) is 33.6 Å². The number of ether oxygens (including phenoxy) is 2. The van der Waals surface area contributed by atoms with Crippen LogP contribution in [0.15, 0.2) is 60.7 Å². The van der Waals surface area contributed by atoms with Crippen molar-refractivity contribution in [1.82, 2.24) is 20.4 Å². The number of carbonyl (C=O) groups excluding carboxylic acids is 7. The Labute approximate surface area is 345 Å². The number of halogens is 2. The summed E-state index contributed by atoms with van der Waals surface area (Å²) in [6, 6.07) is 14.5. The topological polar surface area (TPSA) is 168 Å². The van der Waals surface area contributed by atoms with Gasteiger partial charge in [0.2, 0.25) is 11.8 Å². The van der Waals surface area contributed by atoms with Crippen LogP contribution in [0, 0.1) is 0 Å². The van der Waals surface area contributed by atoms with Crippen molar-refractivity contribution in [2.75, 3.05) is 13.1 Å². The molecule has 0 spiro atoms. The molecule has 2 aliphatic heterocycles. The van der Waals surface area contributed by atoms with Crippen LogP contribution < -0.4 is 10.6 Å². The van der Waals surface area contributed by atoms with Crippen LogP contribution in [0.25, 0.3) is 0 Å². The molecular formula is C41H52Br2N4O9. The summed E-state index contributed by atoms with van der Waals surface area (Å²) in [5.41, 5.74) is 1.61. The van der Waals surface area contributed by atoms with E-state index in [1.807, 2.05) is 74.5 Å². The molecule has 56 heavy (non-hydrogen) atoms. The van der Waals surface area contributed by atoms with Gasteiger partial charge in [-0.05, 0) is 49.7 Å². The van der Waals surface area contributed by atoms with Crippen LogP contribution in [-0.4, -0.2) is 98.1 Å². The largest absolute Gasteiger partial charge is 0.445 e. The number of alkyl halides is 2. The van der Waals surface area contributed by atoms with Crippen molar-refractivity contribution >= 4 is 73.2 Å². The maximum atomic E-state index is 13.8. The lowest BCUT2D eigenvalue weighted by atomic mass is 9.96. The maximum Gasteiger partial charge on any atom is 0.410 e. The zero-order chi connectivity index (χ0) is 40.6. The molecule has 2 aromatic carbocycles. The molecule has 0 aromatic heterocycles. The summed E-state index contributed by atoms with van der Waals surface area (Å²) < 4.78 is 10.9. The highest BCUT2D eigenvalue weighted by molar-refractivity contribution is 9.11. The van der Waals surface area contributed by atoms with Crippen molar-refractivity contribution in [2.24, 2.45) is 0 Å².